The smallest absolute Gasteiger partial charge is 0.337 e. The number of methoxy groups -OCH3 is 1. The van der Waals surface area contributed by atoms with Gasteiger partial charge in [-0.25, -0.2) is 5.43 Å². The first kappa shape index (κ1) is 18.3. The average molecular weight is 389 g/mol. The minimum absolute atomic E-state index is 0.00847. The molecule has 1 aromatic heterocycles. The van der Waals surface area contributed by atoms with Gasteiger partial charge in [-0.15, -0.1) is 0 Å². The van der Waals surface area contributed by atoms with Crippen LogP contribution in [0.15, 0.2) is 29.4 Å². The van der Waals surface area contributed by atoms with Gasteiger partial charge in [0.25, 0.3) is 10.8 Å². The highest BCUT2D eigenvalue weighted by Gasteiger charge is 2.26. The molecule has 4 N–H and O–H groups in total. The van der Waals surface area contributed by atoms with E-state index in [1.165, 1.54) is 0 Å². The average Bonchev–Trinajstić information content (AvgIpc) is 2.60. The number of ether oxygens (including phenoxy) is 1. The Morgan fingerprint density at radius 3 is 2.58 bits per heavy atom. The Morgan fingerprint density at radius 2 is 1.92 bits per heavy atom. The number of amides is 1. The van der Waals surface area contributed by atoms with Crippen molar-refractivity contribution in [1.82, 2.24) is 5.43 Å². The van der Waals surface area contributed by atoms with Crippen LogP contribution in [0, 0.1) is 0 Å². The molecular weight excluding hydrogens is 375 g/mol. The van der Waals surface area contributed by atoms with Gasteiger partial charge in [0, 0.05) is 5.56 Å². The van der Waals surface area contributed by atoms with E-state index in [2.05, 4.69) is 15.5 Å². The van der Waals surface area contributed by atoms with Gasteiger partial charge in [-0.05, 0) is 30.7 Å². The predicted molar refractivity (Wildman–Crippen MR) is 95.1 cm³/mol. The minimum Gasteiger partial charge on any atom is -0.496 e. The number of hydrogen-bond acceptors (Lipinski definition) is 4. The van der Waals surface area contributed by atoms with E-state index in [0.717, 1.165) is 5.56 Å². The standard InChI is InChI=1S/C15H13Cl3N4O2/c1-7(8-5-3-4-6-9(8)24-2)21-22-15(23)13-10(16)12(19)11(17)14(18)20-13/h3-6H,1-2H3,(H2,19,20)(H,22,23)/p+1/b21-7+. The van der Waals surface area contributed by atoms with Gasteiger partial charge in [0.1, 0.15) is 15.8 Å². The van der Waals surface area contributed by atoms with Gasteiger partial charge >= 0.3 is 5.91 Å². The third-order valence-corrected chi connectivity index (χ3v) is 4.33. The highest BCUT2D eigenvalue weighted by atomic mass is 35.5. The molecule has 0 aliphatic rings. The fourth-order valence-electron chi connectivity index (χ4n) is 1.92. The molecular formula is C15H14Cl3N4O2+. The Kier molecular flexibility index (Phi) is 5.88. The lowest BCUT2D eigenvalue weighted by atomic mass is 10.1. The normalized spacial score (nSPS) is 11.3. The third-order valence-electron chi connectivity index (χ3n) is 3.17. The number of nitrogens with two attached hydrogens (primary N) is 1. The Hall–Kier alpha value is -2.02. The van der Waals surface area contributed by atoms with E-state index in [1.54, 1.807) is 20.1 Å². The molecule has 1 heterocycles. The molecule has 1 amide bonds. The lowest BCUT2D eigenvalue weighted by Gasteiger charge is -2.07. The number of hydrogen-bond donors (Lipinski definition) is 2. The van der Waals surface area contributed by atoms with Crippen molar-refractivity contribution in [2.24, 2.45) is 5.10 Å². The zero-order valence-electron chi connectivity index (χ0n) is 12.8. The number of aromatic nitrogens is 1. The van der Waals surface area contributed by atoms with Gasteiger partial charge < -0.3 is 10.5 Å². The number of halogens is 3. The summed E-state index contributed by atoms with van der Waals surface area (Å²) in [6.07, 6.45) is 0. The van der Waals surface area contributed by atoms with Crippen LogP contribution < -0.4 is 20.9 Å². The summed E-state index contributed by atoms with van der Waals surface area (Å²) in [7, 11) is 1.55. The summed E-state index contributed by atoms with van der Waals surface area (Å²) in [5.41, 5.74) is 9.35. The van der Waals surface area contributed by atoms with Crippen LogP contribution in [0.4, 0.5) is 5.69 Å². The van der Waals surface area contributed by atoms with Crippen LogP contribution in [0.5, 0.6) is 5.75 Å². The summed E-state index contributed by atoms with van der Waals surface area (Å²) in [4.78, 5) is 14.8. The summed E-state index contributed by atoms with van der Waals surface area (Å²) in [6.45, 7) is 1.73. The van der Waals surface area contributed by atoms with E-state index in [0.29, 0.717) is 11.5 Å². The Balaban J connectivity index is 2.27. The van der Waals surface area contributed by atoms with Gasteiger partial charge in [-0.1, -0.05) is 35.3 Å². The maximum atomic E-state index is 12.2. The number of carbonyl (C=O) groups excluding carboxylic acids is 1. The molecule has 0 unspecified atom stereocenters. The number of nitrogens with zero attached hydrogens (tertiary/aromatic N) is 1. The number of hydrazone groups is 1. The molecule has 9 heteroatoms. The highest BCUT2D eigenvalue weighted by Crippen LogP contribution is 2.31. The van der Waals surface area contributed by atoms with Crippen molar-refractivity contribution in [3.05, 3.63) is 50.7 Å². The molecule has 0 aliphatic heterocycles. The van der Waals surface area contributed by atoms with E-state index < -0.39 is 5.91 Å². The number of anilines is 1. The summed E-state index contributed by atoms with van der Waals surface area (Å²) in [5, 5.41) is 4.07. The van der Waals surface area contributed by atoms with Gasteiger partial charge in [0.2, 0.25) is 0 Å². The van der Waals surface area contributed by atoms with Crippen LogP contribution >= 0.6 is 34.8 Å². The van der Waals surface area contributed by atoms with E-state index in [-0.39, 0.29) is 26.6 Å². The summed E-state index contributed by atoms with van der Waals surface area (Å²) in [6, 6.07) is 7.28. The SMILES string of the molecule is COc1ccccc1/C(C)=N/NC(=O)c1[nH+]c(Cl)c(Cl)c(N)c1Cl. The van der Waals surface area contributed by atoms with E-state index >= 15 is 0 Å². The Morgan fingerprint density at radius 1 is 1.25 bits per heavy atom. The number of nitrogens with one attached hydrogen (secondary N) is 2. The molecule has 126 valence electrons. The van der Waals surface area contributed by atoms with Gasteiger partial charge in [-0.3, -0.25) is 4.79 Å². The molecule has 0 spiro atoms. The van der Waals surface area contributed by atoms with Crippen molar-refractivity contribution in [2.45, 2.75) is 6.92 Å². The maximum absolute atomic E-state index is 12.2. The number of aromatic amines is 1. The molecule has 0 fully saturated rings. The number of nitrogen functional groups attached to an aromatic ring is 1. The fourth-order valence-corrected chi connectivity index (χ4v) is 2.53. The van der Waals surface area contributed by atoms with Crippen LogP contribution in [-0.4, -0.2) is 18.7 Å². The van der Waals surface area contributed by atoms with Gasteiger partial charge in [0.05, 0.1) is 18.5 Å². The molecule has 0 saturated carbocycles. The first-order chi connectivity index (χ1) is 11.4. The second-order valence-electron chi connectivity index (χ2n) is 4.69. The van der Waals surface area contributed by atoms with Crippen LogP contribution in [0.2, 0.25) is 15.2 Å². The Labute approximate surface area is 153 Å². The topological polar surface area (TPSA) is 90.8 Å². The van der Waals surface area contributed by atoms with Crippen molar-refractivity contribution < 1.29 is 14.5 Å². The molecule has 1 aromatic carbocycles. The Bertz CT molecular complexity index is 825. The molecule has 2 rings (SSSR count). The van der Waals surface area contributed by atoms with Gasteiger partial charge in [-0.2, -0.15) is 10.1 Å². The molecule has 0 aliphatic carbocycles. The van der Waals surface area contributed by atoms with Crippen LogP contribution in [0.25, 0.3) is 0 Å². The molecule has 0 radical (unpaired) electrons. The number of benzene rings is 1. The number of pyridine rings is 1. The van der Waals surface area contributed by atoms with Crippen molar-refractivity contribution in [3.63, 3.8) is 0 Å². The van der Waals surface area contributed by atoms with E-state index in [1.807, 2.05) is 18.2 Å². The summed E-state index contributed by atoms with van der Waals surface area (Å²) >= 11 is 17.7. The third kappa shape index (κ3) is 3.72. The minimum atomic E-state index is -0.612. The first-order valence-corrected chi connectivity index (χ1v) is 7.83. The highest BCUT2D eigenvalue weighted by molar-refractivity contribution is 6.45. The predicted octanol–water partition coefficient (Wildman–Crippen LogP) is 3.21. The summed E-state index contributed by atoms with van der Waals surface area (Å²) < 4.78 is 5.25. The van der Waals surface area contributed by atoms with Crippen molar-refractivity contribution in [2.75, 3.05) is 12.8 Å². The zero-order valence-corrected chi connectivity index (χ0v) is 15.1. The molecule has 24 heavy (non-hydrogen) atoms. The van der Waals surface area contributed by atoms with E-state index in [4.69, 9.17) is 45.3 Å². The number of H-pyrrole nitrogens is 1. The second kappa shape index (κ2) is 7.70. The monoisotopic (exact) mass is 387 g/mol. The second-order valence-corrected chi connectivity index (χ2v) is 5.83. The summed E-state index contributed by atoms with van der Waals surface area (Å²) in [5.74, 6) is 0.0240. The van der Waals surface area contributed by atoms with Gasteiger partial charge in [0.15, 0.2) is 0 Å². The van der Waals surface area contributed by atoms with Crippen molar-refractivity contribution in [1.29, 1.82) is 0 Å². The molecule has 2 aromatic rings. The maximum Gasteiger partial charge on any atom is 0.337 e. The first-order valence-electron chi connectivity index (χ1n) is 6.70. The molecule has 6 nitrogen and oxygen atoms in total. The van der Waals surface area contributed by atoms with E-state index in [9.17, 15) is 4.79 Å². The molecule has 0 saturated heterocycles. The number of rotatable bonds is 4. The quantitative estimate of drug-likeness (QED) is 0.478. The largest absolute Gasteiger partial charge is 0.496 e. The lowest BCUT2D eigenvalue weighted by molar-refractivity contribution is -0.379. The van der Waals surface area contributed by atoms with Crippen LogP contribution in [0.1, 0.15) is 23.0 Å². The molecule has 0 bridgehead atoms. The van der Waals surface area contributed by atoms with Crippen LogP contribution in [-0.2, 0) is 0 Å². The van der Waals surface area contributed by atoms with Crippen LogP contribution in [0.3, 0.4) is 0 Å². The number of para-hydroxylation sites is 1. The van der Waals surface area contributed by atoms with Crippen molar-refractivity contribution in [3.8, 4) is 5.75 Å². The molecule has 0 atom stereocenters. The fraction of sp³-hybridized carbons (Fsp3) is 0.133. The lowest BCUT2D eigenvalue weighted by Crippen LogP contribution is -2.29. The zero-order chi connectivity index (χ0) is 17.9. The van der Waals surface area contributed by atoms with Crippen molar-refractivity contribution >= 4 is 52.1 Å². The number of carbonyl (C=O) groups is 1.